The third-order valence-corrected chi connectivity index (χ3v) is 4.08. The molecular formula is C17H28N2O. The van der Waals surface area contributed by atoms with E-state index in [4.69, 9.17) is 4.74 Å². The fraction of sp³-hybridized carbons (Fsp3) is 0.647. The number of hydrogen-bond acceptors (Lipinski definition) is 3. The van der Waals surface area contributed by atoms with Gasteiger partial charge in [0, 0.05) is 37.6 Å². The molecule has 1 aliphatic heterocycles. The molecular weight excluding hydrogens is 248 g/mol. The summed E-state index contributed by atoms with van der Waals surface area (Å²) in [5.41, 5.74) is 2.46. The molecule has 1 N–H and O–H groups in total. The van der Waals surface area contributed by atoms with Gasteiger partial charge in [-0.3, -0.25) is 0 Å². The fourth-order valence-electron chi connectivity index (χ4n) is 2.92. The van der Waals surface area contributed by atoms with Crippen LogP contribution >= 0.6 is 0 Å². The minimum atomic E-state index is -0.0843. The van der Waals surface area contributed by atoms with Gasteiger partial charge in [-0.1, -0.05) is 6.07 Å². The van der Waals surface area contributed by atoms with E-state index < -0.39 is 0 Å². The van der Waals surface area contributed by atoms with E-state index in [0.29, 0.717) is 6.04 Å². The molecule has 1 aromatic carbocycles. The lowest BCUT2D eigenvalue weighted by molar-refractivity contribution is 0.0128. The highest BCUT2D eigenvalue weighted by atomic mass is 16.5. The van der Waals surface area contributed by atoms with E-state index in [1.54, 1.807) is 7.11 Å². The molecule has 1 unspecified atom stereocenters. The number of methoxy groups -OCH3 is 1. The molecule has 112 valence electrons. The lowest BCUT2D eigenvalue weighted by Gasteiger charge is -2.28. The number of nitrogens with zero attached hydrogens (tertiary/aromatic N) is 1. The van der Waals surface area contributed by atoms with Crippen molar-refractivity contribution in [3.8, 4) is 0 Å². The molecule has 1 aromatic rings. The summed E-state index contributed by atoms with van der Waals surface area (Å²) in [5, 5.41) is 3.59. The summed E-state index contributed by atoms with van der Waals surface area (Å²) >= 11 is 0. The molecule has 1 aliphatic rings. The van der Waals surface area contributed by atoms with E-state index in [1.807, 2.05) is 0 Å². The van der Waals surface area contributed by atoms with Crippen LogP contribution < -0.4 is 10.2 Å². The second-order valence-corrected chi connectivity index (χ2v) is 6.46. The molecule has 1 saturated heterocycles. The number of nitrogens with one attached hydrogen (secondary N) is 1. The van der Waals surface area contributed by atoms with Crippen LogP contribution in [0.5, 0.6) is 0 Å². The normalized spacial score (nSPS) is 17.3. The predicted octanol–water partition coefficient (Wildman–Crippen LogP) is 3.90. The van der Waals surface area contributed by atoms with Gasteiger partial charge in [-0.25, -0.2) is 0 Å². The van der Waals surface area contributed by atoms with Crippen LogP contribution in [0.1, 0.15) is 40.0 Å². The van der Waals surface area contributed by atoms with Gasteiger partial charge in [-0.15, -0.1) is 0 Å². The number of benzene rings is 1. The van der Waals surface area contributed by atoms with Gasteiger partial charge in [0.25, 0.3) is 0 Å². The van der Waals surface area contributed by atoms with E-state index in [2.05, 4.69) is 55.3 Å². The van der Waals surface area contributed by atoms with E-state index >= 15 is 0 Å². The van der Waals surface area contributed by atoms with Crippen molar-refractivity contribution in [2.75, 3.05) is 30.4 Å². The minimum absolute atomic E-state index is 0.0843. The average Bonchev–Trinajstić information content (AvgIpc) is 2.92. The Kier molecular flexibility index (Phi) is 4.92. The first-order chi connectivity index (χ1) is 9.50. The standard InChI is InChI=1S/C17H28N2O/c1-14(13-17(2,3)20-4)18-15-8-7-9-16(12-15)19-10-5-6-11-19/h7-9,12,14,18H,5-6,10-11,13H2,1-4H3. The van der Waals surface area contributed by atoms with Crippen molar-refractivity contribution in [3.63, 3.8) is 0 Å². The number of rotatable bonds is 6. The van der Waals surface area contributed by atoms with Gasteiger partial charge in [0.15, 0.2) is 0 Å². The van der Waals surface area contributed by atoms with Gasteiger partial charge in [0.05, 0.1) is 5.60 Å². The largest absolute Gasteiger partial charge is 0.382 e. The van der Waals surface area contributed by atoms with Crippen molar-refractivity contribution < 1.29 is 4.74 Å². The predicted molar refractivity (Wildman–Crippen MR) is 86.7 cm³/mol. The molecule has 0 bridgehead atoms. The van der Waals surface area contributed by atoms with Gasteiger partial charge in [0.2, 0.25) is 0 Å². The Balaban J connectivity index is 1.97. The van der Waals surface area contributed by atoms with Crippen LogP contribution in [0, 0.1) is 0 Å². The molecule has 1 heterocycles. The Morgan fingerprint density at radius 2 is 2.00 bits per heavy atom. The monoisotopic (exact) mass is 276 g/mol. The van der Waals surface area contributed by atoms with E-state index in [-0.39, 0.29) is 5.60 Å². The van der Waals surface area contributed by atoms with Crippen molar-refractivity contribution >= 4 is 11.4 Å². The maximum Gasteiger partial charge on any atom is 0.0642 e. The Bertz CT molecular complexity index is 425. The SMILES string of the molecule is COC(C)(C)CC(C)Nc1cccc(N2CCCC2)c1. The van der Waals surface area contributed by atoms with Crippen LogP contribution in [0.25, 0.3) is 0 Å². The molecule has 1 fully saturated rings. The molecule has 3 nitrogen and oxygen atoms in total. The minimum Gasteiger partial charge on any atom is -0.382 e. The molecule has 0 amide bonds. The number of ether oxygens (including phenoxy) is 1. The van der Waals surface area contributed by atoms with Gasteiger partial charge in [-0.05, 0) is 58.2 Å². The topological polar surface area (TPSA) is 24.5 Å². The van der Waals surface area contributed by atoms with Crippen molar-refractivity contribution in [2.45, 2.75) is 51.7 Å². The van der Waals surface area contributed by atoms with Crippen LogP contribution in [0.3, 0.4) is 0 Å². The lowest BCUT2D eigenvalue weighted by atomic mass is 9.99. The van der Waals surface area contributed by atoms with Crippen LogP contribution in [0.15, 0.2) is 24.3 Å². The van der Waals surface area contributed by atoms with Crippen molar-refractivity contribution in [2.24, 2.45) is 0 Å². The van der Waals surface area contributed by atoms with Gasteiger partial charge < -0.3 is 15.0 Å². The zero-order valence-corrected chi connectivity index (χ0v) is 13.3. The summed E-state index contributed by atoms with van der Waals surface area (Å²) in [7, 11) is 1.78. The average molecular weight is 276 g/mol. The highest BCUT2D eigenvalue weighted by Gasteiger charge is 2.20. The van der Waals surface area contributed by atoms with Crippen molar-refractivity contribution in [1.29, 1.82) is 0 Å². The molecule has 1 atom stereocenters. The third kappa shape index (κ3) is 4.14. The molecule has 0 radical (unpaired) electrons. The van der Waals surface area contributed by atoms with Gasteiger partial charge in [0.1, 0.15) is 0 Å². The summed E-state index contributed by atoms with van der Waals surface area (Å²) in [6, 6.07) is 9.15. The molecule has 0 aromatic heterocycles. The summed E-state index contributed by atoms with van der Waals surface area (Å²) in [6.45, 7) is 8.85. The number of anilines is 2. The van der Waals surface area contributed by atoms with E-state index in [1.165, 1.54) is 37.3 Å². The summed E-state index contributed by atoms with van der Waals surface area (Å²) in [5.74, 6) is 0. The maximum absolute atomic E-state index is 5.50. The van der Waals surface area contributed by atoms with Gasteiger partial charge in [-0.2, -0.15) is 0 Å². The third-order valence-electron chi connectivity index (χ3n) is 4.08. The van der Waals surface area contributed by atoms with Crippen LogP contribution in [0.4, 0.5) is 11.4 Å². The smallest absolute Gasteiger partial charge is 0.0642 e. The lowest BCUT2D eigenvalue weighted by Crippen LogP contribution is -2.31. The molecule has 0 aliphatic carbocycles. The Labute approximate surface area is 123 Å². The molecule has 0 spiro atoms. The maximum atomic E-state index is 5.50. The molecule has 0 saturated carbocycles. The summed E-state index contributed by atoms with van der Waals surface area (Å²) in [4.78, 5) is 2.47. The van der Waals surface area contributed by atoms with Crippen molar-refractivity contribution in [1.82, 2.24) is 0 Å². The number of hydrogen-bond donors (Lipinski definition) is 1. The quantitative estimate of drug-likeness (QED) is 0.852. The Hall–Kier alpha value is -1.22. The fourth-order valence-corrected chi connectivity index (χ4v) is 2.92. The van der Waals surface area contributed by atoms with Crippen LogP contribution in [0.2, 0.25) is 0 Å². The zero-order chi connectivity index (χ0) is 14.6. The van der Waals surface area contributed by atoms with Gasteiger partial charge >= 0.3 is 0 Å². The first-order valence-corrected chi connectivity index (χ1v) is 7.67. The summed E-state index contributed by atoms with van der Waals surface area (Å²) < 4.78 is 5.50. The highest BCUT2D eigenvalue weighted by Crippen LogP contribution is 2.25. The molecule has 3 heteroatoms. The first-order valence-electron chi connectivity index (χ1n) is 7.67. The van der Waals surface area contributed by atoms with E-state index in [9.17, 15) is 0 Å². The second kappa shape index (κ2) is 6.49. The molecule has 20 heavy (non-hydrogen) atoms. The zero-order valence-electron chi connectivity index (χ0n) is 13.3. The summed E-state index contributed by atoms with van der Waals surface area (Å²) in [6.07, 6.45) is 3.61. The van der Waals surface area contributed by atoms with E-state index in [0.717, 1.165) is 6.42 Å². The van der Waals surface area contributed by atoms with Crippen molar-refractivity contribution in [3.05, 3.63) is 24.3 Å². The molecule has 2 rings (SSSR count). The highest BCUT2D eigenvalue weighted by molar-refractivity contribution is 5.58. The van der Waals surface area contributed by atoms with Crippen LogP contribution in [-0.4, -0.2) is 31.8 Å². The first kappa shape index (κ1) is 15.2. The van der Waals surface area contributed by atoms with Crippen LogP contribution in [-0.2, 0) is 4.74 Å². The second-order valence-electron chi connectivity index (χ2n) is 6.46. The Morgan fingerprint density at radius 3 is 2.65 bits per heavy atom. The Morgan fingerprint density at radius 1 is 1.30 bits per heavy atom.